The first-order valence-electron chi connectivity index (χ1n) is 7.50. The molecule has 0 saturated carbocycles. The molecule has 128 valence electrons. The Morgan fingerprint density at radius 3 is 2.40 bits per heavy atom. The second kappa shape index (κ2) is 6.70. The first-order valence-corrected chi connectivity index (χ1v) is 7.50. The van der Waals surface area contributed by atoms with Gasteiger partial charge in [-0.05, 0) is 35.4 Å². The van der Waals surface area contributed by atoms with Crippen LogP contribution in [0.2, 0.25) is 0 Å². The number of carbonyl (C=O) groups excluding carboxylic acids is 2. The molecule has 2 heterocycles. The summed E-state index contributed by atoms with van der Waals surface area (Å²) in [5.74, 6) is -1.55. The highest BCUT2D eigenvalue weighted by molar-refractivity contribution is 6.21. The number of carbonyl (C=O) groups is 3. The monoisotopic (exact) mass is 341 g/mol. The molecule has 8 heteroatoms. The molecule has 2 aromatic rings. The topological polar surface area (TPSA) is 120 Å². The van der Waals surface area contributed by atoms with Gasteiger partial charge in [0.2, 0.25) is 0 Å². The Hall–Kier alpha value is -3.26. The number of anilines is 1. The summed E-state index contributed by atoms with van der Waals surface area (Å²) >= 11 is 0. The summed E-state index contributed by atoms with van der Waals surface area (Å²) in [5.41, 5.74) is 1.32. The molecule has 3 rings (SSSR count). The molecule has 1 aliphatic heterocycles. The van der Waals surface area contributed by atoms with Crippen molar-refractivity contribution in [3.05, 3.63) is 59.9 Å². The van der Waals surface area contributed by atoms with E-state index in [4.69, 9.17) is 5.11 Å². The maximum Gasteiger partial charge on any atom is 0.329 e. The molecular weight excluding hydrogens is 326 g/mol. The summed E-state index contributed by atoms with van der Waals surface area (Å²) in [5, 5.41) is 21.6. The van der Waals surface area contributed by atoms with Gasteiger partial charge in [0.25, 0.3) is 5.91 Å². The summed E-state index contributed by atoms with van der Waals surface area (Å²) in [4.78, 5) is 40.2. The smallest absolute Gasteiger partial charge is 0.329 e. The zero-order chi connectivity index (χ0) is 18.0. The number of rotatable bonds is 5. The number of aromatic nitrogens is 1. The molecule has 1 fully saturated rings. The number of carboxylic acid groups (broad SMARTS) is 1. The summed E-state index contributed by atoms with van der Waals surface area (Å²) < 4.78 is 0. The van der Waals surface area contributed by atoms with Crippen LogP contribution in [-0.2, 0) is 16.0 Å². The number of imide groups is 1. The number of aliphatic hydroxyl groups is 1. The third kappa shape index (κ3) is 3.33. The molecule has 0 aliphatic carbocycles. The third-order valence-corrected chi connectivity index (χ3v) is 3.88. The van der Waals surface area contributed by atoms with Crippen LogP contribution in [0.3, 0.4) is 0 Å². The van der Waals surface area contributed by atoms with Crippen molar-refractivity contribution in [2.75, 3.05) is 4.90 Å². The number of amides is 3. The van der Waals surface area contributed by atoms with E-state index in [1.807, 2.05) is 0 Å². The van der Waals surface area contributed by atoms with Crippen molar-refractivity contribution >= 4 is 23.6 Å². The number of aliphatic hydroxyl groups excluding tert-OH is 1. The number of nitrogens with zero attached hydrogens (tertiary/aromatic N) is 2. The average Bonchev–Trinajstić information content (AvgIpc) is 2.90. The molecule has 0 bridgehead atoms. The molecule has 1 aromatic heterocycles. The van der Waals surface area contributed by atoms with E-state index in [0.717, 1.165) is 4.90 Å². The van der Waals surface area contributed by atoms with Gasteiger partial charge in [-0.2, -0.15) is 0 Å². The first kappa shape index (κ1) is 16.6. The molecule has 0 radical (unpaired) electrons. The molecule has 2 unspecified atom stereocenters. The van der Waals surface area contributed by atoms with Crippen molar-refractivity contribution < 1.29 is 24.6 Å². The molecule has 2 atom stereocenters. The fraction of sp³-hybridized carbons (Fsp3) is 0.176. The molecule has 1 aromatic carbocycles. The van der Waals surface area contributed by atoms with Gasteiger partial charge in [-0.1, -0.05) is 12.1 Å². The van der Waals surface area contributed by atoms with E-state index in [1.165, 1.54) is 36.7 Å². The Balaban J connectivity index is 1.80. The molecule has 3 N–H and O–H groups in total. The van der Waals surface area contributed by atoms with Gasteiger partial charge in [-0.25, -0.2) is 9.69 Å². The summed E-state index contributed by atoms with van der Waals surface area (Å²) in [6, 6.07) is 7.45. The van der Waals surface area contributed by atoms with Gasteiger partial charge in [0.15, 0.2) is 0 Å². The second-order valence-corrected chi connectivity index (χ2v) is 5.56. The molecule has 8 nitrogen and oxygen atoms in total. The van der Waals surface area contributed by atoms with Crippen molar-refractivity contribution in [2.24, 2.45) is 0 Å². The maximum absolute atomic E-state index is 12.6. The number of benzene rings is 1. The maximum atomic E-state index is 12.6. The van der Waals surface area contributed by atoms with Crippen LogP contribution in [0.4, 0.5) is 10.5 Å². The molecular formula is C17H15N3O5. The molecule has 3 amide bonds. The van der Waals surface area contributed by atoms with Gasteiger partial charge in [-0.15, -0.1) is 0 Å². The van der Waals surface area contributed by atoms with Crippen molar-refractivity contribution in [1.82, 2.24) is 10.3 Å². The zero-order valence-electron chi connectivity index (χ0n) is 13.0. The number of nitrogens with one attached hydrogen (secondary N) is 1. The van der Waals surface area contributed by atoms with Crippen LogP contribution in [-0.4, -0.2) is 39.1 Å². The van der Waals surface area contributed by atoms with Gasteiger partial charge in [0.05, 0.1) is 12.1 Å². The normalized spacial score (nSPS) is 18.1. The van der Waals surface area contributed by atoms with E-state index in [1.54, 1.807) is 12.1 Å². The van der Waals surface area contributed by atoms with Gasteiger partial charge in [0, 0.05) is 12.4 Å². The lowest BCUT2D eigenvalue weighted by molar-refractivity contribution is -0.136. The highest BCUT2D eigenvalue weighted by atomic mass is 16.4. The van der Waals surface area contributed by atoms with Crippen molar-refractivity contribution in [3.8, 4) is 0 Å². The van der Waals surface area contributed by atoms with E-state index >= 15 is 0 Å². The van der Waals surface area contributed by atoms with Crippen LogP contribution in [0, 0.1) is 0 Å². The lowest BCUT2D eigenvalue weighted by Crippen LogP contribution is -2.36. The Kier molecular flexibility index (Phi) is 4.44. The van der Waals surface area contributed by atoms with Crippen LogP contribution in [0.15, 0.2) is 48.8 Å². The Bertz CT molecular complexity index is 807. The number of aliphatic carboxylic acids is 1. The van der Waals surface area contributed by atoms with Gasteiger partial charge >= 0.3 is 12.0 Å². The number of hydrogen-bond donors (Lipinski definition) is 3. The highest BCUT2D eigenvalue weighted by Gasteiger charge is 2.43. The summed E-state index contributed by atoms with van der Waals surface area (Å²) in [7, 11) is 0. The standard InChI is InChI=1S/C17H15N3O5/c21-13(22)9-10-1-3-12(4-2-10)20-16(24)14(19-17(20)25)15(23)11-5-7-18-8-6-11/h1-8,14-15,23H,9H2,(H,19,25)(H,21,22). The van der Waals surface area contributed by atoms with E-state index in [2.05, 4.69) is 10.3 Å². The number of pyridine rings is 1. The third-order valence-electron chi connectivity index (χ3n) is 3.88. The number of carboxylic acids is 1. The zero-order valence-corrected chi connectivity index (χ0v) is 13.0. The largest absolute Gasteiger partial charge is 0.481 e. The molecule has 1 saturated heterocycles. The molecule has 0 spiro atoms. The summed E-state index contributed by atoms with van der Waals surface area (Å²) in [6.07, 6.45) is 1.62. The van der Waals surface area contributed by atoms with Crippen LogP contribution in [0.5, 0.6) is 0 Å². The molecule has 1 aliphatic rings. The lowest BCUT2D eigenvalue weighted by atomic mass is 10.0. The minimum Gasteiger partial charge on any atom is -0.481 e. The van der Waals surface area contributed by atoms with Crippen LogP contribution >= 0.6 is 0 Å². The fourth-order valence-electron chi connectivity index (χ4n) is 2.65. The Morgan fingerprint density at radius 1 is 1.16 bits per heavy atom. The van der Waals surface area contributed by atoms with E-state index in [0.29, 0.717) is 16.8 Å². The van der Waals surface area contributed by atoms with E-state index in [-0.39, 0.29) is 6.42 Å². The van der Waals surface area contributed by atoms with Crippen LogP contribution in [0.25, 0.3) is 0 Å². The minimum atomic E-state index is -1.20. The van der Waals surface area contributed by atoms with Gasteiger partial charge in [0.1, 0.15) is 12.1 Å². The van der Waals surface area contributed by atoms with Crippen molar-refractivity contribution in [2.45, 2.75) is 18.6 Å². The quantitative estimate of drug-likeness (QED) is 0.694. The SMILES string of the molecule is O=C(O)Cc1ccc(N2C(=O)NC(C(O)c3ccncc3)C2=O)cc1. The average molecular weight is 341 g/mol. The highest BCUT2D eigenvalue weighted by Crippen LogP contribution is 2.26. The van der Waals surface area contributed by atoms with E-state index < -0.39 is 30.1 Å². The van der Waals surface area contributed by atoms with Gasteiger partial charge in [-0.3, -0.25) is 14.6 Å². The van der Waals surface area contributed by atoms with E-state index in [9.17, 15) is 19.5 Å². The van der Waals surface area contributed by atoms with Crippen molar-refractivity contribution in [1.29, 1.82) is 0 Å². The van der Waals surface area contributed by atoms with Gasteiger partial charge < -0.3 is 15.5 Å². The predicted molar refractivity (Wildman–Crippen MR) is 86.8 cm³/mol. The number of hydrogen-bond acceptors (Lipinski definition) is 5. The fourth-order valence-corrected chi connectivity index (χ4v) is 2.65. The van der Waals surface area contributed by atoms with Crippen LogP contribution < -0.4 is 10.2 Å². The van der Waals surface area contributed by atoms with Crippen LogP contribution in [0.1, 0.15) is 17.2 Å². The Labute approximate surface area is 142 Å². The lowest BCUT2D eigenvalue weighted by Gasteiger charge is -2.17. The summed E-state index contributed by atoms with van der Waals surface area (Å²) in [6.45, 7) is 0. The minimum absolute atomic E-state index is 0.149. The second-order valence-electron chi connectivity index (χ2n) is 5.56. The first-order chi connectivity index (χ1) is 12.0. The number of urea groups is 1. The molecule has 25 heavy (non-hydrogen) atoms. The Morgan fingerprint density at radius 2 is 1.80 bits per heavy atom. The predicted octanol–water partition coefficient (Wildman–Crippen LogP) is 0.867. The van der Waals surface area contributed by atoms with Crippen molar-refractivity contribution in [3.63, 3.8) is 0 Å².